The number of hydrogen-bond acceptors (Lipinski definition) is 3. The first-order chi connectivity index (χ1) is 8.77. The van der Waals surface area contributed by atoms with Crippen LogP contribution in [0.1, 0.15) is 23.8 Å². The fourth-order valence-electron chi connectivity index (χ4n) is 2.01. The third kappa shape index (κ3) is 2.86. The lowest BCUT2D eigenvalue weighted by atomic mass is 10.1. The summed E-state index contributed by atoms with van der Waals surface area (Å²) in [5, 5.41) is 5.50. The second kappa shape index (κ2) is 6.53. The van der Waals surface area contributed by atoms with Crippen LogP contribution in [0.25, 0.3) is 10.1 Å². The fraction of sp³-hybridized carbons (Fsp3) is 0.429. The molecular formula is C14H18ClNOS. The van der Waals surface area contributed by atoms with E-state index in [-0.39, 0.29) is 0 Å². The molecular weight excluding hydrogens is 266 g/mol. The van der Waals surface area contributed by atoms with Gasteiger partial charge in [-0.1, -0.05) is 30.7 Å². The van der Waals surface area contributed by atoms with E-state index in [1.54, 1.807) is 18.4 Å². The Hall–Kier alpha value is -0.610. The zero-order valence-electron chi connectivity index (χ0n) is 10.8. The Labute approximate surface area is 117 Å². The number of rotatable bonds is 6. The van der Waals surface area contributed by atoms with Crippen molar-refractivity contribution in [2.75, 3.05) is 13.7 Å². The van der Waals surface area contributed by atoms with Crippen LogP contribution >= 0.6 is 22.9 Å². The van der Waals surface area contributed by atoms with Crippen molar-refractivity contribution in [3.8, 4) is 0 Å². The molecule has 0 amide bonds. The molecule has 1 heterocycles. The molecule has 2 rings (SSSR count). The van der Waals surface area contributed by atoms with Crippen molar-refractivity contribution >= 4 is 33.0 Å². The monoisotopic (exact) mass is 283 g/mol. The highest BCUT2D eigenvalue weighted by Crippen LogP contribution is 2.36. The minimum Gasteiger partial charge on any atom is -0.380 e. The van der Waals surface area contributed by atoms with Crippen LogP contribution in [0.3, 0.4) is 0 Å². The predicted octanol–water partition coefficient (Wildman–Crippen LogP) is 4.20. The third-order valence-corrected chi connectivity index (χ3v) is 4.56. The van der Waals surface area contributed by atoms with Gasteiger partial charge in [0.2, 0.25) is 0 Å². The minimum atomic E-state index is 0.642. The van der Waals surface area contributed by atoms with Crippen LogP contribution in [0.5, 0.6) is 0 Å². The number of benzene rings is 1. The Balaban J connectivity index is 2.37. The van der Waals surface area contributed by atoms with Crippen molar-refractivity contribution in [1.29, 1.82) is 0 Å². The largest absolute Gasteiger partial charge is 0.380 e. The van der Waals surface area contributed by atoms with E-state index in [4.69, 9.17) is 16.3 Å². The number of methoxy groups -OCH3 is 1. The molecule has 0 bridgehead atoms. The van der Waals surface area contributed by atoms with Gasteiger partial charge >= 0.3 is 0 Å². The van der Waals surface area contributed by atoms with Gasteiger partial charge in [-0.15, -0.1) is 11.3 Å². The van der Waals surface area contributed by atoms with Gasteiger partial charge in [0.15, 0.2) is 0 Å². The molecule has 1 aromatic carbocycles. The first kappa shape index (κ1) is 13.8. The van der Waals surface area contributed by atoms with Gasteiger partial charge < -0.3 is 10.1 Å². The van der Waals surface area contributed by atoms with Crippen LogP contribution in [0.4, 0.5) is 0 Å². The van der Waals surface area contributed by atoms with Gasteiger partial charge in [-0.3, -0.25) is 0 Å². The molecule has 0 atom stereocenters. The maximum Gasteiger partial charge on any atom is 0.0730 e. The Bertz CT molecular complexity index is 524. The summed E-state index contributed by atoms with van der Waals surface area (Å²) in [4.78, 5) is 1.33. The topological polar surface area (TPSA) is 21.3 Å². The number of thiophene rings is 1. The quantitative estimate of drug-likeness (QED) is 0.802. The van der Waals surface area contributed by atoms with Crippen molar-refractivity contribution in [2.24, 2.45) is 0 Å². The highest BCUT2D eigenvalue weighted by atomic mass is 35.5. The molecule has 4 heteroatoms. The zero-order chi connectivity index (χ0) is 13.0. The van der Waals surface area contributed by atoms with Gasteiger partial charge in [0, 0.05) is 24.1 Å². The van der Waals surface area contributed by atoms with Gasteiger partial charge in [0.25, 0.3) is 0 Å². The highest BCUT2D eigenvalue weighted by molar-refractivity contribution is 7.20. The summed E-state index contributed by atoms with van der Waals surface area (Å²) >= 11 is 8.02. The smallest absolute Gasteiger partial charge is 0.0730 e. The Morgan fingerprint density at radius 3 is 2.94 bits per heavy atom. The molecule has 0 saturated heterocycles. The molecule has 0 aliphatic heterocycles. The first-order valence-electron chi connectivity index (χ1n) is 6.16. The zero-order valence-corrected chi connectivity index (χ0v) is 12.3. The van der Waals surface area contributed by atoms with Crippen molar-refractivity contribution in [2.45, 2.75) is 26.5 Å². The molecule has 0 aliphatic rings. The molecule has 98 valence electrons. The maximum atomic E-state index is 6.25. The first-order valence-corrected chi connectivity index (χ1v) is 7.35. The van der Waals surface area contributed by atoms with Crippen molar-refractivity contribution in [3.05, 3.63) is 33.7 Å². The van der Waals surface area contributed by atoms with E-state index in [2.05, 4.69) is 18.3 Å². The number of halogens is 1. The Kier molecular flexibility index (Phi) is 5.01. The van der Waals surface area contributed by atoms with E-state index in [0.717, 1.165) is 24.5 Å². The van der Waals surface area contributed by atoms with Crippen LogP contribution in [0.15, 0.2) is 18.2 Å². The second-order valence-electron chi connectivity index (χ2n) is 4.23. The summed E-state index contributed by atoms with van der Waals surface area (Å²) in [6.45, 7) is 4.74. The van der Waals surface area contributed by atoms with E-state index in [1.165, 1.54) is 20.5 Å². The van der Waals surface area contributed by atoms with Gasteiger partial charge in [-0.2, -0.15) is 0 Å². The van der Waals surface area contributed by atoms with E-state index >= 15 is 0 Å². The van der Waals surface area contributed by atoms with Gasteiger partial charge in [-0.25, -0.2) is 0 Å². The summed E-state index contributed by atoms with van der Waals surface area (Å²) < 4.78 is 6.48. The highest BCUT2D eigenvalue weighted by Gasteiger charge is 2.13. The summed E-state index contributed by atoms with van der Waals surface area (Å²) in [7, 11) is 1.73. The molecule has 0 saturated carbocycles. The fourth-order valence-corrected chi connectivity index (χ4v) is 3.48. The summed E-state index contributed by atoms with van der Waals surface area (Å²) in [6, 6.07) is 6.06. The van der Waals surface area contributed by atoms with Crippen LogP contribution in [0.2, 0.25) is 5.02 Å². The minimum absolute atomic E-state index is 0.642. The normalized spacial score (nSPS) is 11.3. The van der Waals surface area contributed by atoms with E-state index in [0.29, 0.717) is 6.61 Å². The lowest BCUT2D eigenvalue weighted by molar-refractivity contribution is 0.185. The molecule has 0 fully saturated rings. The van der Waals surface area contributed by atoms with Crippen molar-refractivity contribution < 1.29 is 4.74 Å². The summed E-state index contributed by atoms with van der Waals surface area (Å²) in [5.41, 5.74) is 1.27. The van der Waals surface area contributed by atoms with Crippen LogP contribution in [-0.4, -0.2) is 13.7 Å². The molecule has 0 unspecified atom stereocenters. The van der Waals surface area contributed by atoms with Crippen molar-refractivity contribution in [3.63, 3.8) is 0 Å². The molecule has 2 nitrogen and oxygen atoms in total. The lowest BCUT2D eigenvalue weighted by Gasteiger charge is -2.04. The summed E-state index contributed by atoms with van der Waals surface area (Å²) in [6.07, 6.45) is 1.14. The second-order valence-corrected chi connectivity index (χ2v) is 5.74. The van der Waals surface area contributed by atoms with E-state index < -0.39 is 0 Å². The molecule has 0 spiro atoms. The molecule has 0 radical (unpaired) electrons. The van der Waals surface area contributed by atoms with Gasteiger partial charge in [0.1, 0.15) is 0 Å². The molecule has 0 aliphatic carbocycles. The van der Waals surface area contributed by atoms with Crippen LogP contribution < -0.4 is 5.32 Å². The molecule has 2 aromatic rings. The van der Waals surface area contributed by atoms with E-state index in [9.17, 15) is 0 Å². The number of nitrogens with one attached hydrogen (secondary N) is 1. The molecule has 1 N–H and O–H groups in total. The number of hydrogen-bond donors (Lipinski definition) is 1. The molecule has 18 heavy (non-hydrogen) atoms. The SMILES string of the molecule is CCCNCc1sc2c(Cl)cccc2c1COC. The molecule has 1 aromatic heterocycles. The maximum absolute atomic E-state index is 6.25. The van der Waals surface area contributed by atoms with Gasteiger partial charge in [0.05, 0.1) is 16.3 Å². The average Bonchev–Trinajstić information content (AvgIpc) is 2.71. The summed E-state index contributed by atoms with van der Waals surface area (Å²) in [5.74, 6) is 0. The number of ether oxygens (including phenoxy) is 1. The third-order valence-electron chi connectivity index (χ3n) is 2.85. The van der Waals surface area contributed by atoms with Crippen LogP contribution in [0, 0.1) is 0 Å². The van der Waals surface area contributed by atoms with Gasteiger partial charge in [-0.05, 0) is 24.4 Å². The standard InChI is InChI=1S/C14H18ClNOS/c1-3-7-16-8-13-11(9-17-2)10-5-4-6-12(15)14(10)18-13/h4-6,16H,3,7-9H2,1-2H3. The van der Waals surface area contributed by atoms with Crippen LogP contribution in [-0.2, 0) is 17.9 Å². The Morgan fingerprint density at radius 1 is 1.39 bits per heavy atom. The Morgan fingerprint density at radius 2 is 2.22 bits per heavy atom. The van der Waals surface area contributed by atoms with E-state index in [1.807, 2.05) is 12.1 Å². The lowest BCUT2D eigenvalue weighted by Crippen LogP contribution is -2.13. The predicted molar refractivity (Wildman–Crippen MR) is 79.5 cm³/mol. The van der Waals surface area contributed by atoms with Crippen molar-refractivity contribution in [1.82, 2.24) is 5.32 Å². The number of fused-ring (bicyclic) bond motifs is 1. The average molecular weight is 284 g/mol.